The maximum Gasteiger partial charge on any atom is 0.252 e. The number of nitrogens with one attached hydrogen (secondary N) is 1. The molecule has 28 heavy (non-hydrogen) atoms. The molecule has 1 saturated heterocycles. The zero-order valence-corrected chi connectivity index (χ0v) is 17.0. The molecule has 9 heteroatoms. The molecule has 1 aliphatic heterocycles. The first kappa shape index (κ1) is 17.8. The lowest BCUT2D eigenvalue weighted by Crippen LogP contribution is -2.25. The lowest BCUT2D eigenvalue weighted by atomic mass is 10.1. The van der Waals surface area contributed by atoms with E-state index in [1.54, 1.807) is 16.0 Å². The summed E-state index contributed by atoms with van der Waals surface area (Å²) < 4.78 is 25.7. The minimum Gasteiger partial charge on any atom is -0.349 e. The highest BCUT2D eigenvalue weighted by molar-refractivity contribution is 7.91. The van der Waals surface area contributed by atoms with Gasteiger partial charge in [-0.25, -0.2) is 18.1 Å². The van der Waals surface area contributed by atoms with Gasteiger partial charge >= 0.3 is 0 Å². The van der Waals surface area contributed by atoms with Gasteiger partial charge in [-0.2, -0.15) is 5.10 Å². The summed E-state index contributed by atoms with van der Waals surface area (Å²) in [7, 11) is -3.06. The maximum absolute atomic E-state index is 12.9. The fourth-order valence-corrected chi connectivity index (χ4v) is 6.13. The monoisotopic (exact) mass is 416 g/mol. The minimum atomic E-state index is -3.06. The molecule has 0 spiro atoms. The normalized spacial score (nSPS) is 21.2. The van der Waals surface area contributed by atoms with Gasteiger partial charge in [-0.1, -0.05) is 6.07 Å². The molecule has 2 aliphatic rings. The molecule has 1 N–H and O–H groups in total. The summed E-state index contributed by atoms with van der Waals surface area (Å²) in [5.74, 6) is 0.115. The van der Waals surface area contributed by atoms with Crippen LogP contribution in [0.2, 0.25) is 0 Å². The van der Waals surface area contributed by atoms with Crippen LogP contribution >= 0.6 is 11.3 Å². The molecular weight excluding hydrogens is 396 g/mol. The van der Waals surface area contributed by atoms with E-state index in [4.69, 9.17) is 4.98 Å². The highest BCUT2D eigenvalue weighted by Crippen LogP contribution is 2.33. The standard InChI is InChI=1S/C19H20N4O3S2/c1-11-17-14(19(24)20-12-4-5-12)9-15(16-3-2-7-27-16)21-18(17)23(22-11)13-6-8-28(25,26)10-13/h2-3,7,9,12-13H,4-6,8,10H2,1H3,(H,20,24)/t13-/m1/s1. The van der Waals surface area contributed by atoms with Crippen molar-refractivity contribution in [3.8, 4) is 10.6 Å². The molecule has 1 amide bonds. The molecule has 0 unspecified atom stereocenters. The Morgan fingerprint density at radius 2 is 2.14 bits per heavy atom. The molecule has 146 valence electrons. The van der Waals surface area contributed by atoms with E-state index in [0.29, 0.717) is 34.4 Å². The first-order valence-corrected chi connectivity index (χ1v) is 12.1. The molecule has 0 bridgehead atoms. The molecule has 0 radical (unpaired) electrons. The van der Waals surface area contributed by atoms with Crippen LogP contribution < -0.4 is 5.32 Å². The van der Waals surface area contributed by atoms with E-state index in [1.807, 2.05) is 30.5 Å². The third-order valence-corrected chi connectivity index (χ3v) is 7.96. The number of hydrogen-bond donors (Lipinski definition) is 1. The second kappa shape index (κ2) is 6.38. The smallest absolute Gasteiger partial charge is 0.252 e. The quantitative estimate of drug-likeness (QED) is 0.706. The number of fused-ring (bicyclic) bond motifs is 1. The van der Waals surface area contributed by atoms with Crippen molar-refractivity contribution in [3.05, 3.63) is 34.8 Å². The lowest BCUT2D eigenvalue weighted by Gasteiger charge is -2.11. The number of aromatic nitrogens is 3. The molecule has 0 aromatic carbocycles. The summed E-state index contributed by atoms with van der Waals surface area (Å²) in [5, 5.41) is 10.3. The van der Waals surface area contributed by atoms with Crippen LogP contribution in [0.25, 0.3) is 21.6 Å². The van der Waals surface area contributed by atoms with Gasteiger partial charge in [0.15, 0.2) is 15.5 Å². The third kappa shape index (κ3) is 3.12. The summed E-state index contributed by atoms with van der Waals surface area (Å²) in [4.78, 5) is 18.7. The molecule has 1 aliphatic carbocycles. The van der Waals surface area contributed by atoms with Gasteiger partial charge in [0.05, 0.1) is 44.8 Å². The van der Waals surface area contributed by atoms with Crippen LogP contribution in [0.15, 0.2) is 23.6 Å². The molecule has 2 fully saturated rings. The van der Waals surface area contributed by atoms with Crippen molar-refractivity contribution in [2.45, 2.75) is 38.3 Å². The summed E-state index contributed by atoms with van der Waals surface area (Å²) in [6.45, 7) is 1.85. The highest BCUT2D eigenvalue weighted by atomic mass is 32.2. The molecule has 7 nitrogen and oxygen atoms in total. The molecular formula is C19H20N4O3S2. The number of rotatable bonds is 4. The Morgan fingerprint density at radius 1 is 1.32 bits per heavy atom. The van der Waals surface area contributed by atoms with Crippen LogP contribution in [-0.4, -0.2) is 46.6 Å². The van der Waals surface area contributed by atoms with Crippen LogP contribution in [0.5, 0.6) is 0 Å². The van der Waals surface area contributed by atoms with Crippen LogP contribution in [0.3, 0.4) is 0 Å². The van der Waals surface area contributed by atoms with Crippen molar-refractivity contribution >= 4 is 38.1 Å². The largest absolute Gasteiger partial charge is 0.349 e. The predicted molar refractivity (Wildman–Crippen MR) is 108 cm³/mol. The number of carbonyl (C=O) groups is 1. The number of thiophene rings is 1. The topological polar surface area (TPSA) is 93.9 Å². The lowest BCUT2D eigenvalue weighted by molar-refractivity contribution is 0.0952. The number of sulfone groups is 1. The molecule has 3 aromatic heterocycles. The summed E-state index contributed by atoms with van der Waals surface area (Å²) >= 11 is 1.56. The number of carbonyl (C=O) groups excluding carboxylic acids is 1. The average molecular weight is 417 g/mol. The van der Waals surface area contributed by atoms with Gasteiger partial charge in [-0.15, -0.1) is 11.3 Å². The molecule has 5 rings (SSSR count). The first-order chi connectivity index (χ1) is 13.4. The number of aryl methyl sites for hydroxylation is 1. The van der Waals surface area contributed by atoms with Crippen molar-refractivity contribution in [1.82, 2.24) is 20.1 Å². The van der Waals surface area contributed by atoms with E-state index in [9.17, 15) is 13.2 Å². The third-order valence-electron chi connectivity index (χ3n) is 5.32. The van der Waals surface area contributed by atoms with E-state index >= 15 is 0 Å². The van der Waals surface area contributed by atoms with Crippen molar-refractivity contribution in [2.75, 3.05) is 11.5 Å². The first-order valence-electron chi connectivity index (χ1n) is 9.36. The second-order valence-electron chi connectivity index (χ2n) is 7.57. The highest BCUT2D eigenvalue weighted by Gasteiger charge is 2.33. The number of amides is 1. The van der Waals surface area contributed by atoms with Gasteiger partial charge in [0.1, 0.15) is 0 Å². The number of nitrogens with zero attached hydrogens (tertiary/aromatic N) is 3. The van der Waals surface area contributed by atoms with Crippen molar-refractivity contribution in [1.29, 1.82) is 0 Å². The minimum absolute atomic E-state index is 0.0672. The van der Waals surface area contributed by atoms with Crippen LogP contribution in [0.4, 0.5) is 0 Å². The van der Waals surface area contributed by atoms with Gasteiger partial charge in [0.2, 0.25) is 0 Å². The second-order valence-corrected chi connectivity index (χ2v) is 10.7. The van der Waals surface area contributed by atoms with Crippen LogP contribution in [0.1, 0.15) is 41.4 Å². The molecule has 4 heterocycles. The summed E-state index contributed by atoms with van der Waals surface area (Å²) in [5.41, 5.74) is 2.56. The van der Waals surface area contributed by atoms with Gasteiger partial charge in [-0.3, -0.25) is 4.79 Å². The van der Waals surface area contributed by atoms with Gasteiger partial charge in [0.25, 0.3) is 5.91 Å². The number of hydrogen-bond acceptors (Lipinski definition) is 6. The Morgan fingerprint density at radius 3 is 2.79 bits per heavy atom. The fraction of sp³-hybridized carbons (Fsp3) is 0.421. The van der Waals surface area contributed by atoms with Crippen molar-refractivity contribution < 1.29 is 13.2 Å². The Bertz CT molecular complexity index is 1180. The van der Waals surface area contributed by atoms with Gasteiger partial charge in [0, 0.05) is 6.04 Å². The van der Waals surface area contributed by atoms with E-state index in [-0.39, 0.29) is 29.5 Å². The zero-order valence-electron chi connectivity index (χ0n) is 15.4. The van der Waals surface area contributed by atoms with Crippen LogP contribution in [-0.2, 0) is 9.84 Å². The van der Waals surface area contributed by atoms with E-state index in [0.717, 1.165) is 17.7 Å². The van der Waals surface area contributed by atoms with Crippen LogP contribution in [0, 0.1) is 6.92 Å². The maximum atomic E-state index is 12.9. The SMILES string of the molecule is Cc1nn([C@@H]2CCS(=O)(=O)C2)c2nc(-c3cccs3)cc(C(=O)NC3CC3)c12. The van der Waals surface area contributed by atoms with Gasteiger partial charge in [-0.05, 0) is 43.7 Å². The Labute approximate surface area is 166 Å². The Hall–Kier alpha value is -2.26. The summed E-state index contributed by atoms with van der Waals surface area (Å²) in [6, 6.07) is 5.75. The molecule has 1 atom stereocenters. The Balaban J connectivity index is 1.70. The van der Waals surface area contributed by atoms with E-state index in [2.05, 4.69) is 10.4 Å². The Kier molecular flexibility index (Phi) is 4.06. The number of pyridine rings is 1. The van der Waals surface area contributed by atoms with Gasteiger partial charge < -0.3 is 5.32 Å². The zero-order chi connectivity index (χ0) is 19.5. The van der Waals surface area contributed by atoms with E-state index in [1.165, 1.54) is 0 Å². The average Bonchev–Trinajstić information content (AvgIpc) is 3.06. The fourth-order valence-electron chi connectivity index (χ4n) is 3.76. The predicted octanol–water partition coefficient (Wildman–Crippen LogP) is 2.72. The van der Waals surface area contributed by atoms with E-state index < -0.39 is 9.84 Å². The molecule has 1 saturated carbocycles. The van der Waals surface area contributed by atoms with Crippen molar-refractivity contribution in [3.63, 3.8) is 0 Å². The molecule has 3 aromatic rings. The van der Waals surface area contributed by atoms with Crippen molar-refractivity contribution in [2.24, 2.45) is 0 Å². The summed E-state index contributed by atoms with van der Waals surface area (Å²) in [6.07, 6.45) is 2.54.